The number of likely N-dealkylation sites (N-methyl/N-ethyl adjacent to an activating group) is 1. The molecule has 0 aromatic heterocycles. The lowest BCUT2D eigenvalue weighted by molar-refractivity contribution is 0.311. The highest BCUT2D eigenvalue weighted by Crippen LogP contribution is 2.32. The van der Waals surface area contributed by atoms with Gasteiger partial charge in [0.25, 0.3) is 10.0 Å². The Bertz CT molecular complexity index is 858. The molecule has 2 aromatic rings. The summed E-state index contributed by atoms with van der Waals surface area (Å²) < 4.78 is 33.3. The molecule has 0 bridgehead atoms. The van der Waals surface area contributed by atoms with Crippen molar-refractivity contribution < 1.29 is 13.2 Å². The molecule has 1 saturated heterocycles. The summed E-state index contributed by atoms with van der Waals surface area (Å²) in [6.07, 6.45) is 0. The van der Waals surface area contributed by atoms with Gasteiger partial charge in [0.15, 0.2) is 0 Å². The lowest BCUT2D eigenvalue weighted by atomic mass is 10.2. The second kappa shape index (κ2) is 7.55. The molecule has 1 N–H and O–H groups in total. The van der Waals surface area contributed by atoms with Crippen LogP contribution < -0.4 is 14.4 Å². The zero-order valence-corrected chi connectivity index (χ0v) is 16.2. The highest BCUT2D eigenvalue weighted by molar-refractivity contribution is 7.92. The fourth-order valence-electron chi connectivity index (χ4n) is 2.98. The smallest absolute Gasteiger partial charge is 0.261 e. The molecule has 7 heteroatoms. The van der Waals surface area contributed by atoms with Crippen molar-refractivity contribution >= 4 is 21.4 Å². The van der Waals surface area contributed by atoms with E-state index >= 15 is 0 Å². The van der Waals surface area contributed by atoms with Crippen molar-refractivity contribution in [1.82, 2.24) is 4.90 Å². The van der Waals surface area contributed by atoms with E-state index in [1.807, 2.05) is 13.0 Å². The first kappa shape index (κ1) is 18.5. The molecule has 6 nitrogen and oxygen atoms in total. The van der Waals surface area contributed by atoms with Crippen LogP contribution in [0.5, 0.6) is 5.75 Å². The monoisotopic (exact) mass is 375 g/mol. The van der Waals surface area contributed by atoms with Gasteiger partial charge in [-0.2, -0.15) is 0 Å². The van der Waals surface area contributed by atoms with Crippen molar-refractivity contribution in [2.75, 3.05) is 50.0 Å². The van der Waals surface area contributed by atoms with Gasteiger partial charge in [-0.3, -0.25) is 4.72 Å². The third-order valence-electron chi connectivity index (χ3n) is 4.61. The summed E-state index contributed by atoms with van der Waals surface area (Å²) in [5, 5.41) is 0. The number of sulfonamides is 1. The van der Waals surface area contributed by atoms with Gasteiger partial charge in [0, 0.05) is 32.2 Å². The number of rotatable bonds is 5. The number of hydrogen-bond acceptors (Lipinski definition) is 5. The molecule has 3 rings (SSSR count). The van der Waals surface area contributed by atoms with E-state index in [0.29, 0.717) is 11.4 Å². The highest BCUT2D eigenvalue weighted by atomic mass is 32.2. The van der Waals surface area contributed by atoms with Crippen molar-refractivity contribution in [3.05, 3.63) is 48.0 Å². The normalized spacial score (nSPS) is 15.7. The fraction of sp³-hybridized carbons (Fsp3) is 0.368. The zero-order valence-electron chi connectivity index (χ0n) is 15.4. The van der Waals surface area contributed by atoms with E-state index in [4.69, 9.17) is 4.74 Å². The Hall–Kier alpha value is -2.25. The van der Waals surface area contributed by atoms with Crippen molar-refractivity contribution in [1.29, 1.82) is 0 Å². The minimum atomic E-state index is -3.63. The lowest BCUT2D eigenvalue weighted by Gasteiger charge is -2.34. The average molecular weight is 375 g/mol. The van der Waals surface area contributed by atoms with Crippen molar-refractivity contribution in [3.8, 4) is 5.75 Å². The van der Waals surface area contributed by atoms with Crippen LogP contribution in [0.15, 0.2) is 47.4 Å². The first-order valence-corrected chi connectivity index (χ1v) is 10.1. The molecule has 1 fully saturated rings. The highest BCUT2D eigenvalue weighted by Gasteiger charge is 2.19. The quantitative estimate of drug-likeness (QED) is 0.870. The minimum Gasteiger partial charge on any atom is -0.495 e. The maximum absolute atomic E-state index is 12.6. The molecule has 0 amide bonds. The summed E-state index contributed by atoms with van der Waals surface area (Å²) in [7, 11) is 0.0871. The van der Waals surface area contributed by atoms with Gasteiger partial charge in [-0.25, -0.2) is 8.42 Å². The summed E-state index contributed by atoms with van der Waals surface area (Å²) in [5.74, 6) is 0.665. The van der Waals surface area contributed by atoms with E-state index < -0.39 is 10.0 Å². The van der Waals surface area contributed by atoms with Crippen molar-refractivity contribution in [2.45, 2.75) is 11.8 Å². The topological polar surface area (TPSA) is 61.9 Å². The van der Waals surface area contributed by atoms with E-state index in [9.17, 15) is 8.42 Å². The molecular formula is C19H25N3O3S. The van der Waals surface area contributed by atoms with E-state index in [-0.39, 0.29) is 4.90 Å². The van der Waals surface area contributed by atoms with Crippen LogP contribution in [0.4, 0.5) is 11.4 Å². The van der Waals surface area contributed by atoms with Gasteiger partial charge in [-0.05, 0) is 38.2 Å². The number of anilines is 2. The molecule has 0 saturated carbocycles. The number of benzene rings is 2. The van der Waals surface area contributed by atoms with Crippen LogP contribution in [0.1, 0.15) is 5.56 Å². The predicted octanol–water partition coefficient (Wildman–Crippen LogP) is 2.56. The first-order chi connectivity index (χ1) is 12.4. The summed E-state index contributed by atoms with van der Waals surface area (Å²) >= 11 is 0. The number of aryl methyl sites for hydroxylation is 1. The number of nitrogens with zero attached hydrogens (tertiary/aromatic N) is 2. The molecule has 2 aromatic carbocycles. The molecule has 0 spiro atoms. The number of hydrogen-bond donors (Lipinski definition) is 1. The van der Waals surface area contributed by atoms with Gasteiger partial charge in [0.1, 0.15) is 5.75 Å². The zero-order chi connectivity index (χ0) is 18.7. The second-order valence-corrected chi connectivity index (χ2v) is 8.28. The van der Waals surface area contributed by atoms with Gasteiger partial charge in [0.2, 0.25) is 0 Å². The lowest BCUT2D eigenvalue weighted by Crippen LogP contribution is -2.44. The van der Waals surface area contributed by atoms with Gasteiger partial charge in [-0.15, -0.1) is 0 Å². The van der Waals surface area contributed by atoms with Crippen LogP contribution in [0, 0.1) is 6.92 Å². The SMILES string of the molecule is COc1cc(NS(=O)(=O)c2ccc(C)cc2)ccc1N1CCN(C)CC1. The number of ether oxygens (including phenoxy) is 1. The first-order valence-electron chi connectivity index (χ1n) is 8.60. The number of nitrogens with one attached hydrogen (secondary N) is 1. The third kappa shape index (κ3) is 4.11. The Morgan fingerprint density at radius 2 is 1.65 bits per heavy atom. The molecule has 1 aliphatic rings. The molecule has 0 unspecified atom stereocenters. The van der Waals surface area contributed by atoms with Crippen LogP contribution in [0.2, 0.25) is 0 Å². The standard InChI is InChI=1S/C19H25N3O3S/c1-15-4-7-17(8-5-15)26(23,24)20-16-6-9-18(19(14-16)25-3)22-12-10-21(2)11-13-22/h4-9,14,20H,10-13H2,1-3H3. The van der Waals surface area contributed by atoms with Gasteiger partial charge >= 0.3 is 0 Å². The minimum absolute atomic E-state index is 0.241. The van der Waals surface area contributed by atoms with Gasteiger partial charge < -0.3 is 14.5 Å². The Labute approximate surface area is 155 Å². The Morgan fingerprint density at radius 3 is 2.27 bits per heavy atom. The molecule has 1 heterocycles. The number of methoxy groups -OCH3 is 1. The molecule has 0 radical (unpaired) electrons. The summed E-state index contributed by atoms with van der Waals surface area (Å²) in [6, 6.07) is 12.2. The van der Waals surface area contributed by atoms with Crippen LogP contribution in [-0.2, 0) is 10.0 Å². The largest absolute Gasteiger partial charge is 0.495 e. The summed E-state index contributed by atoms with van der Waals surface area (Å²) in [6.45, 7) is 5.74. The summed E-state index contributed by atoms with van der Waals surface area (Å²) in [5.41, 5.74) is 2.49. The van der Waals surface area contributed by atoms with E-state index in [1.54, 1.807) is 43.5 Å². The van der Waals surface area contributed by atoms with Gasteiger partial charge in [0.05, 0.1) is 23.4 Å². The van der Waals surface area contributed by atoms with Gasteiger partial charge in [-0.1, -0.05) is 17.7 Å². The third-order valence-corrected chi connectivity index (χ3v) is 6.00. The Morgan fingerprint density at radius 1 is 1.00 bits per heavy atom. The molecule has 0 atom stereocenters. The van der Waals surface area contributed by atoms with E-state index in [0.717, 1.165) is 37.4 Å². The predicted molar refractivity (Wildman–Crippen MR) is 105 cm³/mol. The van der Waals surface area contributed by atoms with Crippen LogP contribution in [0.25, 0.3) is 0 Å². The van der Waals surface area contributed by atoms with E-state index in [1.165, 1.54) is 0 Å². The van der Waals surface area contributed by atoms with Crippen molar-refractivity contribution in [2.24, 2.45) is 0 Å². The van der Waals surface area contributed by atoms with E-state index in [2.05, 4.69) is 21.6 Å². The summed E-state index contributed by atoms with van der Waals surface area (Å²) in [4.78, 5) is 4.79. The molecule has 26 heavy (non-hydrogen) atoms. The molecule has 140 valence electrons. The maximum atomic E-state index is 12.6. The van der Waals surface area contributed by atoms with Crippen molar-refractivity contribution in [3.63, 3.8) is 0 Å². The Balaban J connectivity index is 1.82. The Kier molecular flexibility index (Phi) is 5.38. The molecule has 0 aliphatic carbocycles. The van der Waals surface area contributed by atoms with Crippen LogP contribution >= 0.6 is 0 Å². The second-order valence-electron chi connectivity index (χ2n) is 6.60. The van der Waals surface area contributed by atoms with Crippen LogP contribution in [0.3, 0.4) is 0 Å². The average Bonchev–Trinajstić information content (AvgIpc) is 2.62. The fourth-order valence-corrected chi connectivity index (χ4v) is 4.03. The molecule has 1 aliphatic heterocycles. The van der Waals surface area contributed by atoms with Crippen LogP contribution in [-0.4, -0.2) is 53.7 Å². The maximum Gasteiger partial charge on any atom is 0.261 e. The molecular weight excluding hydrogens is 350 g/mol. The number of piperazine rings is 1.